The number of halogens is 3. The van der Waals surface area contributed by atoms with Crippen molar-refractivity contribution in [3.8, 4) is 0 Å². The lowest BCUT2D eigenvalue weighted by atomic mass is 10.2. The molecular weight excluding hydrogens is 724 g/mol. The zero-order valence-electron chi connectivity index (χ0n) is 27.6. The lowest BCUT2D eigenvalue weighted by Crippen LogP contribution is -2.08. The standard InChI is InChI=1S/C13H13N.C12H10N.4C2H6.3CH3Br.2CH4/c1-14(12-8-4-2-5-9-12)13-10-6-3-7-11-13;1-3-7-11(8-4-1)13-12-9-5-2-6-10-12;7*1-2;;/h2-11H,1H3;1-5,7-10,13H;4*1-2H3;3*1H3;2*1H4/q;+1;;;;;;;;;. The third-order valence-corrected chi connectivity index (χ3v) is 4.06. The molecule has 0 unspecified atom stereocenters. The predicted molar refractivity (Wildman–Crippen MR) is 219 cm³/mol. The summed E-state index contributed by atoms with van der Waals surface area (Å²) in [6, 6.07) is 30.8. The van der Waals surface area contributed by atoms with Crippen LogP contribution in [0.4, 0.5) is 17.1 Å². The van der Waals surface area contributed by atoms with Gasteiger partial charge in [-0.05, 0) is 53.9 Å². The highest BCUT2D eigenvalue weighted by Gasteiger charge is 2.02. The van der Waals surface area contributed by atoms with E-state index in [9.17, 15) is 0 Å². The third kappa shape index (κ3) is 32.6. The van der Waals surface area contributed by atoms with E-state index in [4.69, 9.17) is 0 Å². The van der Waals surface area contributed by atoms with E-state index < -0.39 is 0 Å². The van der Waals surface area contributed by atoms with Gasteiger partial charge in [0.2, 0.25) is 0 Å². The summed E-state index contributed by atoms with van der Waals surface area (Å²) in [4.78, 5) is 2.17. The Morgan fingerprint density at radius 3 is 1.16 bits per heavy atom. The molecule has 0 amide bonds. The molecule has 1 N–H and O–H groups in total. The van der Waals surface area contributed by atoms with Gasteiger partial charge in [0.1, 0.15) is 12.2 Å². The molecule has 0 spiro atoms. The van der Waals surface area contributed by atoms with E-state index in [0.29, 0.717) is 0 Å². The molecule has 0 aliphatic heterocycles. The van der Waals surface area contributed by atoms with E-state index in [2.05, 4.69) is 120 Å². The third-order valence-electron chi connectivity index (χ3n) is 4.06. The molecule has 1 aliphatic carbocycles. The fourth-order valence-corrected chi connectivity index (χ4v) is 2.61. The highest BCUT2D eigenvalue weighted by molar-refractivity contribution is 9.09. The van der Waals surface area contributed by atoms with E-state index in [0.717, 1.165) is 11.4 Å². The normalized spacial score (nSPS) is 8.21. The Bertz CT molecular complexity index is 872. The summed E-state index contributed by atoms with van der Waals surface area (Å²) in [5, 5.41) is 3.27. The Hall–Kier alpha value is -2.17. The number of hydrogen-bond donors (Lipinski definition) is 1. The van der Waals surface area contributed by atoms with E-state index in [1.807, 2.05) is 140 Å². The van der Waals surface area contributed by atoms with Crippen LogP contribution in [0.3, 0.4) is 0 Å². The van der Waals surface area contributed by atoms with Crippen molar-refractivity contribution < 1.29 is 0 Å². The van der Waals surface area contributed by atoms with E-state index in [1.165, 1.54) is 11.4 Å². The first kappa shape index (κ1) is 56.6. The van der Waals surface area contributed by atoms with Crippen LogP contribution in [-0.2, 0) is 0 Å². The minimum absolute atomic E-state index is 0. The molecule has 2 nitrogen and oxygen atoms in total. The average Bonchev–Trinajstić information content (AvgIpc) is 3.12. The van der Waals surface area contributed by atoms with E-state index in [1.54, 1.807) is 0 Å². The van der Waals surface area contributed by atoms with Crippen molar-refractivity contribution in [3.63, 3.8) is 0 Å². The largest absolute Gasteiger partial charge is 0.345 e. The van der Waals surface area contributed by atoms with Crippen molar-refractivity contribution in [3.05, 3.63) is 127 Å². The number of nitrogens with zero attached hydrogens (tertiary/aromatic N) is 1. The molecule has 4 rings (SSSR count). The molecule has 246 valence electrons. The van der Waals surface area contributed by atoms with Crippen molar-refractivity contribution in [2.24, 2.45) is 0 Å². The molecule has 0 heterocycles. The van der Waals surface area contributed by atoms with Crippen LogP contribution in [0.2, 0.25) is 0 Å². The Labute approximate surface area is 295 Å². The summed E-state index contributed by atoms with van der Waals surface area (Å²) in [5.41, 5.74) is 4.58. The van der Waals surface area contributed by atoms with Crippen molar-refractivity contribution in [1.82, 2.24) is 0 Å². The van der Waals surface area contributed by atoms with Gasteiger partial charge in [-0.25, -0.2) is 0 Å². The predicted octanol–water partition coefficient (Wildman–Crippen LogP) is 14.8. The Kier molecular flexibility index (Phi) is 69.1. The average molecular weight is 789 g/mol. The number of nitrogens with one attached hydrogen (secondary N) is 1. The maximum atomic E-state index is 3.27. The Morgan fingerprint density at radius 2 is 0.860 bits per heavy atom. The van der Waals surface area contributed by atoms with Gasteiger partial charge < -0.3 is 10.2 Å². The van der Waals surface area contributed by atoms with Crippen LogP contribution in [-0.4, -0.2) is 24.5 Å². The first-order valence-corrected chi connectivity index (χ1v) is 18.8. The van der Waals surface area contributed by atoms with Crippen molar-refractivity contribution in [2.75, 3.05) is 34.8 Å². The second kappa shape index (κ2) is 52.5. The van der Waals surface area contributed by atoms with Gasteiger partial charge in [-0.2, -0.15) is 0 Å². The number of benzene rings is 3. The lowest BCUT2D eigenvalue weighted by molar-refractivity contribution is 1.21. The fourth-order valence-electron chi connectivity index (χ4n) is 2.61. The number of allylic oxidation sites excluding steroid dienone is 5. The molecule has 3 aromatic carbocycles. The van der Waals surface area contributed by atoms with Crippen molar-refractivity contribution in [2.45, 2.75) is 70.2 Å². The molecule has 0 saturated heterocycles. The molecular formula is C38H64Br3N2+. The maximum absolute atomic E-state index is 3.27. The van der Waals surface area contributed by atoms with Crippen LogP contribution in [0.25, 0.3) is 0 Å². The minimum atomic E-state index is 0. The number of para-hydroxylation sites is 3. The monoisotopic (exact) mass is 785 g/mol. The van der Waals surface area contributed by atoms with Crippen LogP contribution in [0, 0.1) is 6.08 Å². The fraction of sp³-hybridized carbons (Fsp3) is 0.368. The summed E-state index contributed by atoms with van der Waals surface area (Å²) in [6.07, 6.45) is 10.8. The quantitative estimate of drug-likeness (QED) is 0.209. The minimum Gasteiger partial charge on any atom is -0.345 e. The smallest absolute Gasteiger partial charge is 0.151 e. The van der Waals surface area contributed by atoms with Crippen LogP contribution in [0.5, 0.6) is 0 Å². The number of anilines is 3. The Balaban J connectivity index is -0.0000000831. The molecule has 1 aliphatic rings. The molecule has 43 heavy (non-hydrogen) atoms. The molecule has 0 saturated carbocycles. The summed E-state index contributed by atoms with van der Waals surface area (Å²) in [5.74, 6) is 5.44. The van der Waals surface area contributed by atoms with E-state index in [-0.39, 0.29) is 14.9 Å². The van der Waals surface area contributed by atoms with Gasteiger partial charge >= 0.3 is 0 Å². The molecule has 0 fully saturated rings. The van der Waals surface area contributed by atoms with Crippen LogP contribution in [0.1, 0.15) is 70.2 Å². The zero-order chi connectivity index (χ0) is 32.7. The number of alkyl halides is 3. The van der Waals surface area contributed by atoms with Crippen LogP contribution >= 0.6 is 47.8 Å². The van der Waals surface area contributed by atoms with E-state index >= 15 is 0 Å². The van der Waals surface area contributed by atoms with Crippen molar-refractivity contribution >= 4 is 64.9 Å². The second-order valence-electron chi connectivity index (χ2n) is 6.01. The van der Waals surface area contributed by atoms with Crippen molar-refractivity contribution in [1.29, 1.82) is 0 Å². The first-order chi connectivity index (χ1) is 20.3. The van der Waals surface area contributed by atoms with Gasteiger partial charge in [-0.15, -0.1) is 0 Å². The molecule has 3 aromatic rings. The SMILES string of the molecule is C.C.CBr.CBr.CBr.CC.CC.CC.CC.CN(c1ccccc1)c1ccccc1.[C+]1=CC(Nc2ccccc2)=CC=C1. The Morgan fingerprint density at radius 1 is 0.535 bits per heavy atom. The summed E-state index contributed by atoms with van der Waals surface area (Å²) >= 11 is 8.81. The van der Waals surface area contributed by atoms with Crippen LogP contribution in [0.15, 0.2) is 121 Å². The highest BCUT2D eigenvalue weighted by Crippen LogP contribution is 2.21. The number of hydrogen-bond acceptors (Lipinski definition) is 2. The summed E-state index contributed by atoms with van der Waals surface area (Å²) in [6.45, 7) is 16.0. The molecule has 0 bridgehead atoms. The van der Waals surface area contributed by atoms with Gasteiger partial charge in [-0.1, -0.05) is 173 Å². The second-order valence-corrected chi connectivity index (χ2v) is 6.01. The van der Waals surface area contributed by atoms with Gasteiger partial charge in [0.15, 0.2) is 5.70 Å². The molecule has 0 radical (unpaired) electrons. The first-order valence-electron chi connectivity index (χ1n) is 14.1. The maximum Gasteiger partial charge on any atom is 0.151 e. The summed E-state index contributed by atoms with van der Waals surface area (Å²) in [7, 11) is 2.07. The van der Waals surface area contributed by atoms with Gasteiger partial charge in [0, 0.05) is 30.6 Å². The lowest BCUT2D eigenvalue weighted by Gasteiger charge is -2.18. The number of rotatable bonds is 4. The van der Waals surface area contributed by atoms with Crippen LogP contribution < -0.4 is 10.2 Å². The molecule has 0 atom stereocenters. The summed E-state index contributed by atoms with van der Waals surface area (Å²) < 4.78 is 0. The zero-order valence-corrected chi connectivity index (χ0v) is 32.3. The van der Waals surface area contributed by atoms with Gasteiger partial charge in [0.25, 0.3) is 0 Å². The highest BCUT2D eigenvalue weighted by atomic mass is 79.9. The molecule has 5 heteroatoms. The van der Waals surface area contributed by atoms with Gasteiger partial charge in [-0.3, -0.25) is 0 Å². The topological polar surface area (TPSA) is 15.3 Å². The molecule has 0 aromatic heterocycles. The van der Waals surface area contributed by atoms with Gasteiger partial charge in [0.05, 0.1) is 11.8 Å².